The number of nitrogens with zero attached hydrogens (tertiary/aromatic N) is 1. The fourth-order valence-corrected chi connectivity index (χ4v) is 5.01. The quantitative estimate of drug-likeness (QED) is 0.212. The molecule has 0 N–H and O–H groups in total. The van der Waals surface area contributed by atoms with E-state index in [1.54, 1.807) is 0 Å². The maximum Gasteiger partial charge on any atom is 0.214 e. The van der Waals surface area contributed by atoms with Crippen LogP contribution in [0.15, 0.2) is 0 Å². The first-order valence-corrected chi connectivity index (χ1v) is 13.2. The fourth-order valence-electron chi connectivity index (χ4n) is 3.37. The summed E-state index contributed by atoms with van der Waals surface area (Å²) in [7, 11) is -3.07. The van der Waals surface area contributed by atoms with Crippen molar-refractivity contribution in [1.29, 1.82) is 0 Å². The summed E-state index contributed by atoms with van der Waals surface area (Å²) in [5, 5.41) is 0. The standard InChI is InChI=1S/C22H47NO2S/c1-4-7-10-13-15-18-21-23(20-17-12-9-6-3)26(24,25)22-19-16-14-11-8-5-2/h4-22H2,1-3H3. The largest absolute Gasteiger partial charge is 0.214 e. The smallest absolute Gasteiger partial charge is 0.212 e. The van der Waals surface area contributed by atoms with E-state index >= 15 is 0 Å². The van der Waals surface area contributed by atoms with Crippen molar-refractivity contribution in [3.8, 4) is 0 Å². The zero-order valence-corrected chi connectivity index (χ0v) is 18.9. The van der Waals surface area contributed by atoms with Gasteiger partial charge in [0.2, 0.25) is 10.0 Å². The summed E-state index contributed by atoms with van der Waals surface area (Å²) in [6, 6.07) is 0. The molecule has 0 aliphatic heterocycles. The Bertz CT molecular complexity index is 382. The van der Waals surface area contributed by atoms with Crippen molar-refractivity contribution >= 4 is 10.0 Å². The van der Waals surface area contributed by atoms with Gasteiger partial charge in [-0.3, -0.25) is 0 Å². The number of sulfonamides is 1. The van der Waals surface area contributed by atoms with Gasteiger partial charge >= 0.3 is 0 Å². The highest BCUT2D eigenvalue weighted by Gasteiger charge is 2.20. The van der Waals surface area contributed by atoms with Gasteiger partial charge in [0.1, 0.15) is 0 Å². The molecule has 0 saturated heterocycles. The van der Waals surface area contributed by atoms with Gasteiger partial charge in [0, 0.05) is 13.1 Å². The zero-order chi connectivity index (χ0) is 19.5. The summed E-state index contributed by atoms with van der Waals surface area (Å²) >= 11 is 0. The van der Waals surface area contributed by atoms with Crippen LogP contribution in [0.1, 0.15) is 124 Å². The van der Waals surface area contributed by atoms with Crippen LogP contribution in [0.25, 0.3) is 0 Å². The van der Waals surface area contributed by atoms with Crippen LogP contribution in [-0.4, -0.2) is 31.6 Å². The molecule has 3 nitrogen and oxygen atoms in total. The molecule has 0 rings (SSSR count). The highest BCUT2D eigenvalue weighted by molar-refractivity contribution is 7.89. The molecule has 0 spiro atoms. The first kappa shape index (κ1) is 25.9. The Morgan fingerprint density at radius 2 is 0.846 bits per heavy atom. The van der Waals surface area contributed by atoms with Crippen LogP contribution < -0.4 is 0 Å². The highest BCUT2D eigenvalue weighted by atomic mass is 32.2. The minimum absolute atomic E-state index is 0.350. The second kappa shape index (κ2) is 18.3. The van der Waals surface area contributed by atoms with Gasteiger partial charge < -0.3 is 0 Å². The van der Waals surface area contributed by atoms with Crippen LogP contribution in [0.5, 0.6) is 0 Å². The Kier molecular flexibility index (Phi) is 18.2. The van der Waals surface area contributed by atoms with E-state index in [-0.39, 0.29) is 0 Å². The fraction of sp³-hybridized carbons (Fsp3) is 1.00. The summed E-state index contributed by atoms with van der Waals surface area (Å²) in [6.07, 6.45) is 18.7. The van der Waals surface area contributed by atoms with Gasteiger partial charge in [-0.2, -0.15) is 0 Å². The zero-order valence-electron chi connectivity index (χ0n) is 18.1. The third-order valence-corrected chi connectivity index (χ3v) is 7.13. The van der Waals surface area contributed by atoms with Crippen molar-refractivity contribution in [2.75, 3.05) is 18.8 Å². The van der Waals surface area contributed by atoms with Gasteiger partial charge in [-0.1, -0.05) is 104 Å². The van der Waals surface area contributed by atoms with E-state index in [0.29, 0.717) is 5.75 Å². The van der Waals surface area contributed by atoms with Crippen LogP contribution in [0, 0.1) is 0 Å². The van der Waals surface area contributed by atoms with Crippen LogP contribution in [0.2, 0.25) is 0 Å². The Morgan fingerprint density at radius 3 is 1.31 bits per heavy atom. The second-order valence-electron chi connectivity index (χ2n) is 7.81. The molecular weight excluding hydrogens is 342 g/mol. The van der Waals surface area contributed by atoms with E-state index in [0.717, 1.165) is 51.6 Å². The summed E-state index contributed by atoms with van der Waals surface area (Å²) in [6.45, 7) is 8.10. The minimum atomic E-state index is -3.07. The lowest BCUT2D eigenvalue weighted by Gasteiger charge is -2.22. The summed E-state index contributed by atoms with van der Waals surface area (Å²) in [5.74, 6) is 0.350. The van der Waals surface area contributed by atoms with E-state index in [1.807, 2.05) is 4.31 Å². The second-order valence-corrected chi connectivity index (χ2v) is 9.90. The van der Waals surface area contributed by atoms with Gasteiger partial charge in [0.05, 0.1) is 5.75 Å². The van der Waals surface area contributed by atoms with E-state index in [1.165, 1.54) is 64.2 Å². The number of hydrogen-bond acceptors (Lipinski definition) is 2. The maximum absolute atomic E-state index is 12.8. The van der Waals surface area contributed by atoms with Crippen molar-refractivity contribution < 1.29 is 8.42 Å². The molecule has 0 aromatic carbocycles. The van der Waals surface area contributed by atoms with E-state index in [4.69, 9.17) is 0 Å². The average Bonchev–Trinajstić information content (AvgIpc) is 2.62. The van der Waals surface area contributed by atoms with Gasteiger partial charge in [0.25, 0.3) is 0 Å². The summed E-state index contributed by atoms with van der Waals surface area (Å²) in [5.41, 5.74) is 0. The van der Waals surface area contributed by atoms with E-state index in [9.17, 15) is 8.42 Å². The first-order valence-electron chi connectivity index (χ1n) is 11.6. The van der Waals surface area contributed by atoms with Crippen molar-refractivity contribution in [1.82, 2.24) is 4.31 Å². The van der Waals surface area contributed by atoms with Crippen molar-refractivity contribution in [2.24, 2.45) is 0 Å². The lowest BCUT2D eigenvalue weighted by atomic mass is 10.1. The SMILES string of the molecule is CCCCCCCCN(CCCCCC)S(=O)(=O)CCCCCCCC. The Hall–Kier alpha value is -0.0900. The normalized spacial score (nSPS) is 12.2. The highest BCUT2D eigenvalue weighted by Crippen LogP contribution is 2.14. The van der Waals surface area contributed by atoms with Crippen molar-refractivity contribution in [2.45, 2.75) is 124 Å². The van der Waals surface area contributed by atoms with Crippen LogP contribution >= 0.6 is 0 Å². The molecule has 0 heterocycles. The predicted octanol–water partition coefficient (Wildman–Crippen LogP) is 6.92. The Labute approximate surface area is 165 Å². The van der Waals surface area contributed by atoms with Gasteiger partial charge in [-0.15, -0.1) is 0 Å². The molecule has 0 aliphatic carbocycles. The Balaban J connectivity index is 4.25. The van der Waals surface area contributed by atoms with Crippen LogP contribution in [0.3, 0.4) is 0 Å². The maximum atomic E-state index is 12.8. The average molecular weight is 390 g/mol. The molecular formula is C22H47NO2S. The molecule has 0 saturated carbocycles. The molecule has 0 bridgehead atoms. The molecule has 0 atom stereocenters. The first-order chi connectivity index (χ1) is 12.6. The number of hydrogen-bond donors (Lipinski definition) is 0. The Morgan fingerprint density at radius 1 is 0.500 bits per heavy atom. The lowest BCUT2D eigenvalue weighted by molar-refractivity contribution is 0.383. The van der Waals surface area contributed by atoms with Gasteiger partial charge in [0.15, 0.2) is 0 Å². The van der Waals surface area contributed by atoms with Crippen molar-refractivity contribution in [3.05, 3.63) is 0 Å². The number of rotatable bonds is 20. The monoisotopic (exact) mass is 389 g/mol. The molecule has 26 heavy (non-hydrogen) atoms. The van der Waals surface area contributed by atoms with Gasteiger partial charge in [-0.05, 0) is 19.3 Å². The summed E-state index contributed by atoms with van der Waals surface area (Å²) < 4.78 is 27.4. The lowest BCUT2D eigenvalue weighted by Crippen LogP contribution is -2.35. The van der Waals surface area contributed by atoms with E-state index < -0.39 is 10.0 Å². The minimum Gasteiger partial charge on any atom is -0.212 e. The topological polar surface area (TPSA) is 37.4 Å². The molecule has 0 radical (unpaired) electrons. The molecule has 0 unspecified atom stereocenters. The third-order valence-electron chi connectivity index (χ3n) is 5.17. The van der Waals surface area contributed by atoms with Crippen LogP contribution in [0.4, 0.5) is 0 Å². The molecule has 0 aromatic rings. The molecule has 0 aromatic heterocycles. The number of unbranched alkanes of at least 4 members (excludes halogenated alkanes) is 13. The molecule has 4 heteroatoms. The molecule has 0 aliphatic rings. The van der Waals surface area contributed by atoms with Crippen molar-refractivity contribution in [3.63, 3.8) is 0 Å². The predicted molar refractivity (Wildman–Crippen MR) is 116 cm³/mol. The molecule has 0 amide bonds. The molecule has 158 valence electrons. The van der Waals surface area contributed by atoms with Crippen LogP contribution in [-0.2, 0) is 10.0 Å². The van der Waals surface area contributed by atoms with E-state index in [2.05, 4.69) is 20.8 Å². The molecule has 0 fully saturated rings. The summed E-state index contributed by atoms with van der Waals surface area (Å²) in [4.78, 5) is 0. The third kappa shape index (κ3) is 15.0. The van der Waals surface area contributed by atoms with Gasteiger partial charge in [-0.25, -0.2) is 12.7 Å².